The first-order chi connectivity index (χ1) is 20.9. The van der Waals surface area contributed by atoms with E-state index in [0.717, 1.165) is 51.4 Å². The molecule has 206 valence electrons. The average Bonchev–Trinajstić information content (AvgIpc) is 3.07. The van der Waals surface area contributed by atoms with Gasteiger partial charge in [-0.05, 0) is 133 Å². The molecule has 0 saturated heterocycles. The van der Waals surface area contributed by atoms with Gasteiger partial charge in [0, 0.05) is 34.1 Å². The Morgan fingerprint density at radius 2 is 0.905 bits per heavy atom. The number of benzene rings is 4. The normalized spacial score (nSPS) is 16.4. The molecule has 2 heteroatoms. The van der Waals surface area contributed by atoms with Crippen LogP contribution in [0.5, 0.6) is 0 Å². The van der Waals surface area contributed by atoms with Crippen molar-refractivity contribution in [3.63, 3.8) is 0 Å². The predicted octanol–water partition coefficient (Wildman–Crippen LogP) is 10.3. The Morgan fingerprint density at radius 1 is 0.429 bits per heavy atom. The monoisotopic (exact) mass is 544 g/mol. The van der Waals surface area contributed by atoms with E-state index in [1.165, 1.54) is 67.5 Å². The van der Waals surface area contributed by atoms with Gasteiger partial charge in [-0.3, -0.25) is 0 Å². The number of rotatable bonds is 6. The Labute approximate surface area is 249 Å². The number of para-hydroxylation sites is 2. The van der Waals surface area contributed by atoms with Gasteiger partial charge in [0.1, 0.15) is 0 Å². The fourth-order valence-corrected chi connectivity index (χ4v) is 7.39. The minimum Gasteiger partial charge on any atom is -0.311 e. The largest absolute Gasteiger partial charge is 0.311 e. The molecule has 0 N–H and O–H groups in total. The molecule has 0 fully saturated rings. The molecule has 0 aromatic heterocycles. The van der Waals surface area contributed by atoms with Gasteiger partial charge in [0.25, 0.3) is 0 Å². The van der Waals surface area contributed by atoms with Gasteiger partial charge >= 0.3 is 0 Å². The molecule has 0 atom stereocenters. The summed E-state index contributed by atoms with van der Waals surface area (Å²) in [6, 6.07) is 31.4. The van der Waals surface area contributed by atoms with Crippen LogP contribution >= 0.6 is 0 Å². The highest BCUT2D eigenvalue weighted by Gasteiger charge is 2.32. The molecule has 42 heavy (non-hydrogen) atoms. The highest BCUT2D eigenvalue weighted by Crippen LogP contribution is 2.51. The summed E-state index contributed by atoms with van der Waals surface area (Å²) < 4.78 is 0. The number of hydrogen-bond acceptors (Lipinski definition) is 2. The van der Waals surface area contributed by atoms with Crippen LogP contribution in [0.1, 0.15) is 47.9 Å². The van der Waals surface area contributed by atoms with Crippen molar-refractivity contribution in [3.05, 3.63) is 155 Å². The maximum atomic E-state index is 2.55. The van der Waals surface area contributed by atoms with Crippen LogP contribution in [0.15, 0.2) is 133 Å². The molecule has 0 bridgehead atoms. The molecule has 4 aromatic carbocycles. The Morgan fingerprint density at radius 3 is 1.36 bits per heavy atom. The number of anilines is 4. The van der Waals surface area contributed by atoms with E-state index in [2.05, 4.69) is 131 Å². The Bertz CT molecular complexity index is 1700. The van der Waals surface area contributed by atoms with Crippen LogP contribution in [-0.4, -0.2) is 0 Å². The minimum absolute atomic E-state index is 1.06. The van der Waals surface area contributed by atoms with E-state index in [-0.39, 0.29) is 0 Å². The van der Waals surface area contributed by atoms with Gasteiger partial charge in [-0.1, -0.05) is 72.8 Å². The summed E-state index contributed by atoms with van der Waals surface area (Å²) in [4.78, 5) is 5.00. The van der Waals surface area contributed by atoms with Gasteiger partial charge < -0.3 is 9.80 Å². The van der Waals surface area contributed by atoms with E-state index < -0.39 is 0 Å². The highest BCUT2D eigenvalue weighted by molar-refractivity contribution is 5.91. The number of allylic oxidation sites excluding steroid dienone is 6. The summed E-state index contributed by atoms with van der Waals surface area (Å²) in [5.41, 5.74) is 16.7. The molecule has 0 radical (unpaired) electrons. The number of aryl methyl sites for hydroxylation is 2. The molecule has 0 spiro atoms. The third-order valence-corrected chi connectivity index (χ3v) is 9.27. The van der Waals surface area contributed by atoms with Crippen LogP contribution < -0.4 is 9.80 Å². The Balaban J connectivity index is 1.33. The van der Waals surface area contributed by atoms with Crippen LogP contribution in [0.2, 0.25) is 0 Å². The minimum atomic E-state index is 1.06. The lowest BCUT2D eigenvalue weighted by Crippen LogP contribution is -2.25. The number of hydrogen-bond donors (Lipinski definition) is 0. The summed E-state index contributed by atoms with van der Waals surface area (Å²) in [5, 5.41) is 0. The van der Waals surface area contributed by atoms with E-state index in [1.54, 1.807) is 0 Å². The SMILES string of the molecule is C1=CC(N(C2=CCCC=C2)c2ccc3c4c2CCc2ccc(N(c5ccccc5)c5ccccc5)c(c2-4)CC3)=CCC1. The van der Waals surface area contributed by atoms with Crippen molar-refractivity contribution >= 4 is 22.7 Å². The molecule has 4 aromatic rings. The second-order valence-electron chi connectivity index (χ2n) is 11.8. The van der Waals surface area contributed by atoms with Crippen molar-refractivity contribution in [2.24, 2.45) is 0 Å². The zero-order valence-electron chi connectivity index (χ0n) is 24.1. The molecule has 0 aliphatic heterocycles. The third-order valence-electron chi connectivity index (χ3n) is 9.27. The van der Waals surface area contributed by atoms with E-state index in [1.807, 2.05) is 0 Å². The molecular formula is C40H36N2. The van der Waals surface area contributed by atoms with Crippen LogP contribution in [0.25, 0.3) is 11.1 Å². The van der Waals surface area contributed by atoms with Crippen molar-refractivity contribution in [2.45, 2.75) is 51.4 Å². The fourth-order valence-electron chi connectivity index (χ4n) is 7.39. The summed E-state index contributed by atoms with van der Waals surface area (Å²) in [6.45, 7) is 0. The molecule has 0 saturated carbocycles. The molecule has 0 heterocycles. The molecule has 4 aliphatic rings. The van der Waals surface area contributed by atoms with E-state index in [0.29, 0.717) is 0 Å². The second-order valence-corrected chi connectivity index (χ2v) is 11.8. The zero-order valence-corrected chi connectivity index (χ0v) is 24.1. The van der Waals surface area contributed by atoms with Crippen molar-refractivity contribution < 1.29 is 0 Å². The van der Waals surface area contributed by atoms with Crippen molar-refractivity contribution in [1.29, 1.82) is 0 Å². The first-order valence-electron chi connectivity index (χ1n) is 15.6. The standard InChI is InChI=1S/C40H36N2/c1-5-13-31(14-6-1)41(32-15-7-2-8-16-32)37-27-23-29-22-26-36-38(28-24-30-21-25-35(37)39(29)40(30)36)42(33-17-9-3-10-18-33)34-19-11-4-12-20-34/h1-2,5-9,11,13-20,23-24,27-28H,3-4,10,12,21-22,25-26H2. The van der Waals surface area contributed by atoms with E-state index >= 15 is 0 Å². The third kappa shape index (κ3) is 4.25. The predicted molar refractivity (Wildman–Crippen MR) is 177 cm³/mol. The molecule has 4 aliphatic carbocycles. The van der Waals surface area contributed by atoms with Gasteiger partial charge in [-0.15, -0.1) is 0 Å². The molecular weight excluding hydrogens is 508 g/mol. The summed E-state index contributed by atoms with van der Waals surface area (Å²) in [6.07, 6.45) is 22.9. The summed E-state index contributed by atoms with van der Waals surface area (Å²) >= 11 is 0. The summed E-state index contributed by atoms with van der Waals surface area (Å²) in [5.74, 6) is 0. The quantitative estimate of drug-likeness (QED) is 0.238. The maximum absolute atomic E-state index is 2.55. The molecule has 8 rings (SSSR count). The van der Waals surface area contributed by atoms with Crippen LogP contribution in [-0.2, 0) is 25.7 Å². The molecule has 2 nitrogen and oxygen atoms in total. The Kier molecular flexibility index (Phi) is 6.41. The van der Waals surface area contributed by atoms with E-state index in [4.69, 9.17) is 0 Å². The van der Waals surface area contributed by atoms with E-state index in [9.17, 15) is 0 Å². The highest BCUT2D eigenvalue weighted by atomic mass is 15.2. The molecule has 0 amide bonds. The summed E-state index contributed by atoms with van der Waals surface area (Å²) in [7, 11) is 0. The van der Waals surface area contributed by atoms with Gasteiger partial charge in [0.15, 0.2) is 0 Å². The van der Waals surface area contributed by atoms with Crippen molar-refractivity contribution in [3.8, 4) is 11.1 Å². The first-order valence-corrected chi connectivity index (χ1v) is 15.6. The molecule has 0 unspecified atom stereocenters. The van der Waals surface area contributed by atoms with Gasteiger partial charge in [-0.25, -0.2) is 0 Å². The van der Waals surface area contributed by atoms with Crippen molar-refractivity contribution in [1.82, 2.24) is 0 Å². The van der Waals surface area contributed by atoms with Crippen LogP contribution in [0.3, 0.4) is 0 Å². The lowest BCUT2D eigenvalue weighted by molar-refractivity contribution is 0.868. The second kappa shape index (κ2) is 10.7. The van der Waals surface area contributed by atoms with Crippen LogP contribution in [0, 0.1) is 0 Å². The maximum Gasteiger partial charge on any atom is 0.0500 e. The lowest BCUT2D eigenvalue weighted by Gasteiger charge is -2.38. The van der Waals surface area contributed by atoms with Crippen molar-refractivity contribution in [2.75, 3.05) is 9.80 Å². The lowest BCUT2D eigenvalue weighted by atomic mass is 9.74. The number of nitrogens with zero attached hydrogens (tertiary/aromatic N) is 2. The Hall–Kier alpha value is -4.56. The average molecular weight is 545 g/mol. The van der Waals surface area contributed by atoms with Gasteiger partial charge in [0.2, 0.25) is 0 Å². The smallest absolute Gasteiger partial charge is 0.0500 e. The van der Waals surface area contributed by atoms with Gasteiger partial charge in [0.05, 0.1) is 0 Å². The topological polar surface area (TPSA) is 6.48 Å². The zero-order chi connectivity index (χ0) is 27.9. The van der Waals surface area contributed by atoms with Gasteiger partial charge in [-0.2, -0.15) is 0 Å². The fraction of sp³-hybridized carbons (Fsp3) is 0.200. The van der Waals surface area contributed by atoms with Crippen LogP contribution in [0.4, 0.5) is 22.7 Å². The first kappa shape index (κ1) is 25.2.